The van der Waals surface area contributed by atoms with Crippen LogP contribution in [0.15, 0.2) is 0 Å². The molecule has 0 saturated carbocycles. The molecule has 0 rings (SSSR count). The highest BCUT2D eigenvalue weighted by Gasteiger charge is 2.45. The van der Waals surface area contributed by atoms with Crippen LogP contribution in [-0.4, -0.2) is 27.9 Å². The first-order valence-electron chi connectivity index (χ1n) is 2.68. The lowest BCUT2D eigenvalue weighted by Gasteiger charge is -2.19. The van der Waals surface area contributed by atoms with Crippen molar-refractivity contribution in [3.8, 4) is 0 Å². The van der Waals surface area contributed by atoms with E-state index in [0.717, 1.165) is 13.8 Å². The molecule has 0 aliphatic carbocycles. The Morgan fingerprint density at radius 1 is 1.09 bits per heavy atom. The van der Waals surface area contributed by atoms with E-state index in [1.165, 1.54) is 0 Å². The van der Waals surface area contributed by atoms with E-state index in [9.17, 15) is 9.59 Å². The van der Waals surface area contributed by atoms with Gasteiger partial charge >= 0.3 is 5.79 Å². The topological polar surface area (TPSA) is 93.1 Å². The summed E-state index contributed by atoms with van der Waals surface area (Å²) in [4.78, 5) is 28.0. The van der Waals surface area contributed by atoms with Crippen molar-refractivity contribution >= 4 is 11.6 Å². The van der Waals surface area contributed by atoms with Crippen molar-refractivity contribution < 1.29 is 29.9 Å². The van der Waals surface area contributed by atoms with Crippen molar-refractivity contribution in [1.82, 2.24) is 0 Å². The third-order valence-electron chi connectivity index (χ3n) is 1.18. The first-order chi connectivity index (χ1) is 5.01. The summed E-state index contributed by atoms with van der Waals surface area (Å²) >= 11 is 0. The van der Waals surface area contributed by atoms with Gasteiger partial charge in [-0.1, -0.05) is 0 Å². The molecule has 0 aromatic heterocycles. The predicted octanol–water partition coefficient (Wildman–Crippen LogP) is -0.160. The Bertz CT molecular complexity index is 154. The van der Waals surface area contributed by atoms with Crippen LogP contribution in [0.25, 0.3) is 0 Å². The van der Waals surface area contributed by atoms with Crippen LogP contribution in [0.1, 0.15) is 13.8 Å². The van der Waals surface area contributed by atoms with E-state index in [-0.39, 0.29) is 0 Å². The van der Waals surface area contributed by atoms with E-state index in [1.54, 1.807) is 0 Å². The highest BCUT2D eigenvalue weighted by atomic mass is 17.2. The fourth-order valence-corrected chi connectivity index (χ4v) is 0.522. The fourth-order valence-electron chi connectivity index (χ4n) is 0.522. The third-order valence-corrected chi connectivity index (χ3v) is 1.18. The Morgan fingerprint density at radius 3 is 1.36 bits per heavy atom. The van der Waals surface area contributed by atoms with Crippen molar-refractivity contribution in [3.63, 3.8) is 0 Å². The highest BCUT2D eigenvalue weighted by Crippen LogP contribution is 2.12. The summed E-state index contributed by atoms with van der Waals surface area (Å²) in [6.45, 7) is 1.85. The molecule has 0 atom stereocenters. The quantitative estimate of drug-likeness (QED) is 0.259. The van der Waals surface area contributed by atoms with E-state index in [4.69, 9.17) is 10.5 Å². The molecule has 0 fully saturated rings. The predicted molar refractivity (Wildman–Crippen MR) is 31.5 cm³/mol. The molecule has 6 nitrogen and oxygen atoms in total. The maximum absolute atomic E-state index is 10.6. The molecule has 0 heterocycles. The van der Waals surface area contributed by atoms with E-state index >= 15 is 0 Å². The molecule has 2 N–H and O–H groups in total. The Labute approximate surface area is 62.2 Å². The van der Waals surface area contributed by atoms with E-state index in [0.29, 0.717) is 0 Å². The van der Waals surface area contributed by atoms with Gasteiger partial charge in [0.15, 0.2) is 0 Å². The van der Waals surface area contributed by atoms with Crippen LogP contribution in [0.5, 0.6) is 0 Å². The maximum atomic E-state index is 10.6. The summed E-state index contributed by atoms with van der Waals surface area (Å²) in [5, 5.41) is 16.2. The van der Waals surface area contributed by atoms with Gasteiger partial charge in [-0.2, -0.15) is 9.78 Å². The van der Waals surface area contributed by atoms with Gasteiger partial charge < -0.3 is 0 Å². The van der Waals surface area contributed by atoms with Crippen LogP contribution >= 0.6 is 0 Å². The van der Waals surface area contributed by atoms with Gasteiger partial charge in [0, 0.05) is 13.8 Å². The summed E-state index contributed by atoms with van der Waals surface area (Å²) in [6, 6.07) is 0. The van der Waals surface area contributed by atoms with Crippen LogP contribution in [0.3, 0.4) is 0 Å². The number of carbonyl (C=O) groups excluding carboxylic acids is 2. The summed E-state index contributed by atoms with van der Waals surface area (Å²) < 4.78 is 0. The fraction of sp³-hybridized carbons (Fsp3) is 0.600. The zero-order valence-electron chi connectivity index (χ0n) is 6.03. The van der Waals surface area contributed by atoms with Crippen LogP contribution in [-0.2, 0) is 19.4 Å². The molecule has 0 aromatic rings. The Kier molecular flexibility index (Phi) is 3.27. The molecule has 6 heteroatoms. The van der Waals surface area contributed by atoms with Crippen LogP contribution in [0, 0.1) is 0 Å². The molecule has 0 amide bonds. The van der Waals surface area contributed by atoms with Crippen LogP contribution < -0.4 is 0 Å². The van der Waals surface area contributed by atoms with Gasteiger partial charge in [0.2, 0.25) is 11.6 Å². The van der Waals surface area contributed by atoms with Crippen molar-refractivity contribution in [2.75, 3.05) is 0 Å². The minimum atomic E-state index is -2.58. The average Bonchev–Trinajstić information content (AvgIpc) is 1.90. The number of Topliss-reactive ketones (excluding diaryl/α,β-unsaturated/α-hetero) is 2. The lowest BCUT2D eigenvalue weighted by Crippen LogP contribution is -2.48. The standard InChI is InChI=1S/C5H8O6/c1-3(6)5(10-8,11-9)4(2)7/h8-9H,1-2H3. The molecule has 11 heavy (non-hydrogen) atoms. The second-order valence-electron chi connectivity index (χ2n) is 1.91. The smallest absolute Gasteiger partial charge is 0.293 e. The zero-order chi connectivity index (χ0) is 9.07. The first-order valence-corrected chi connectivity index (χ1v) is 2.68. The van der Waals surface area contributed by atoms with Crippen molar-refractivity contribution in [1.29, 1.82) is 0 Å². The summed E-state index contributed by atoms with van der Waals surface area (Å²) in [7, 11) is 0. The number of carbonyl (C=O) groups is 2. The molecular weight excluding hydrogens is 156 g/mol. The molecule has 0 spiro atoms. The number of hydrogen-bond donors (Lipinski definition) is 2. The maximum Gasteiger partial charge on any atom is 0.346 e. The number of hydrogen-bond acceptors (Lipinski definition) is 6. The second kappa shape index (κ2) is 3.54. The Hall–Kier alpha value is -0.820. The lowest BCUT2D eigenvalue weighted by molar-refractivity contribution is -0.447. The monoisotopic (exact) mass is 164 g/mol. The van der Waals surface area contributed by atoms with Gasteiger partial charge in [0.1, 0.15) is 0 Å². The third kappa shape index (κ3) is 1.60. The van der Waals surface area contributed by atoms with Gasteiger partial charge in [0.05, 0.1) is 0 Å². The Balaban J connectivity index is 4.76. The number of rotatable bonds is 4. The molecule has 0 aromatic carbocycles. The van der Waals surface area contributed by atoms with Gasteiger partial charge in [-0.15, -0.1) is 0 Å². The molecular formula is C5H8O6. The molecule has 0 aliphatic heterocycles. The van der Waals surface area contributed by atoms with E-state index < -0.39 is 17.4 Å². The molecule has 64 valence electrons. The minimum Gasteiger partial charge on any atom is -0.293 e. The normalized spacial score (nSPS) is 11.3. The molecule has 0 aliphatic rings. The van der Waals surface area contributed by atoms with Crippen LogP contribution in [0.2, 0.25) is 0 Å². The lowest BCUT2D eigenvalue weighted by atomic mass is 10.1. The highest BCUT2D eigenvalue weighted by molar-refractivity contribution is 6.06. The van der Waals surface area contributed by atoms with Crippen molar-refractivity contribution in [3.05, 3.63) is 0 Å². The number of ketones is 2. The summed E-state index contributed by atoms with van der Waals surface area (Å²) in [6.07, 6.45) is 0. The first kappa shape index (κ1) is 10.2. The minimum absolute atomic E-state index is 0.924. The molecule has 0 bridgehead atoms. The van der Waals surface area contributed by atoms with Crippen molar-refractivity contribution in [2.24, 2.45) is 0 Å². The van der Waals surface area contributed by atoms with Gasteiger partial charge in [-0.05, 0) is 0 Å². The Morgan fingerprint density at radius 2 is 1.36 bits per heavy atom. The van der Waals surface area contributed by atoms with E-state index in [2.05, 4.69) is 9.78 Å². The van der Waals surface area contributed by atoms with Gasteiger partial charge in [-0.25, -0.2) is 10.5 Å². The van der Waals surface area contributed by atoms with Gasteiger partial charge in [0.25, 0.3) is 0 Å². The van der Waals surface area contributed by atoms with E-state index in [1.807, 2.05) is 0 Å². The van der Waals surface area contributed by atoms with Crippen molar-refractivity contribution in [2.45, 2.75) is 19.6 Å². The second-order valence-corrected chi connectivity index (χ2v) is 1.91. The summed E-state index contributed by atoms with van der Waals surface area (Å²) in [5.41, 5.74) is 0. The van der Waals surface area contributed by atoms with Crippen LogP contribution in [0.4, 0.5) is 0 Å². The zero-order valence-corrected chi connectivity index (χ0v) is 6.03. The van der Waals surface area contributed by atoms with Gasteiger partial charge in [-0.3, -0.25) is 9.59 Å². The molecule has 0 saturated heterocycles. The average molecular weight is 164 g/mol. The molecule has 0 radical (unpaired) electrons. The SMILES string of the molecule is CC(=O)C(OO)(OO)C(C)=O. The largest absolute Gasteiger partial charge is 0.346 e. The molecule has 0 unspecified atom stereocenters. The summed E-state index contributed by atoms with van der Waals surface area (Å²) in [5.74, 6) is -4.48.